The molecule has 72 valence electrons. The smallest absolute Gasteiger partial charge is 0.322 e. The molecule has 0 saturated heterocycles. The molecule has 0 amide bonds. The van der Waals surface area contributed by atoms with Crippen molar-refractivity contribution in [2.45, 2.75) is 0 Å². The number of aromatic nitrogens is 1. The molecule has 1 aromatic carbocycles. The van der Waals surface area contributed by atoms with E-state index in [2.05, 4.69) is 10.3 Å². The number of rotatable bonds is 3. The molecule has 2 N–H and O–H groups in total. The van der Waals surface area contributed by atoms with Crippen LogP contribution < -0.4 is 5.32 Å². The summed E-state index contributed by atoms with van der Waals surface area (Å²) in [5.41, 5.74) is 3.52. The molecule has 5 heteroatoms. The second-order valence-electron chi connectivity index (χ2n) is 2.78. The van der Waals surface area contributed by atoms with Gasteiger partial charge >= 0.3 is 5.97 Å². The van der Waals surface area contributed by atoms with E-state index in [1.807, 2.05) is 18.2 Å². The molecule has 0 saturated carbocycles. The lowest BCUT2D eigenvalue weighted by atomic mass is 10.3. The number of hydrogen-bond donors (Lipinski definition) is 2. The number of anilines is 1. The van der Waals surface area contributed by atoms with E-state index >= 15 is 0 Å². The third kappa shape index (κ3) is 1.82. The first kappa shape index (κ1) is 8.96. The number of nitrogens with one attached hydrogen (secondary N) is 1. The molecule has 0 bridgehead atoms. The lowest BCUT2D eigenvalue weighted by Crippen LogP contribution is -2.11. The minimum Gasteiger partial charge on any atom is -0.480 e. The molecule has 0 spiro atoms. The van der Waals surface area contributed by atoms with Gasteiger partial charge in [-0.05, 0) is 18.2 Å². The van der Waals surface area contributed by atoms with Crippen LogP contribution in [0.5, 0.6) is 0 Å². The molecule has 0 aliphatic heterocycles. The van der Waals surface area contributed by atoms with Crippen molar-refractivity contribution in [3.63, 3.8) is 0 Å². The van der Waals surface area contributed by atoms with Gasteiger partial charge in [-0.15, -0.1) is 11.3 Å². The SMILES string of the molecule is O=C(O)CNc1ccc2ncsc2c1. The van der Waals surface area contributed by atoms with Crippen molar-refractivity contribution in [2.24, 2.45) is 0 Å². The maximum Gasteiger partial charge on any atom is 0.322 e. The van der Waals surface area contributed by atoms with Gasteiger partial charge in [0.1, 0.15) is 6.54 Å². The van der Waals surface area contributed by atoms with Crippen molar-refractivity contribution in [1.29, 1.82) is 0 Å². The number of nitrogens with zero attached hydrogens (tertiary/aromatic N) is 1. The van der Waals surface area contributed by atoms with Gasteiger partial charge in [0.25, 0.3) is 0 Å². The Kier molecular flexibility index (Phi) is 2.32. The summed E-state index contributed by atoms with van der Waals surface area (Å²) in [6.07, 6.45) is 0. The molecule has 4 nitrogen and oxygen atoms in total. The molecule has 1 aromatic heterocycles. The molecule has 0 aliphatic carbocycles. The van der Waals surface area contributed by atoms with Crippen LogP contribution in [0.2, 0.25) is 0 Å². The summed E-state index contributed by atoms with van der Waals surface area (Å²) in [6.45, 7) is -0.0652. The van der Waals surface area contributed by atoms with E-state index in [1.54, 1.807) is 5.51 Å². The molecule has 14 heavy (non-hydrogen) atoms. The van der Waals surface area contributed by atoms with Gasteiger partial charge in [-0.2, -0.15) is 0 Å². The van der Waals surface area contributed by atoms with Crippen molar-refractivity contribution < 1.29 is 9.90 Å². The van der Waals surface area contributed by atoms with Crippen molar-refractivity contribution in [2.75, 3.05) is 11.9 Å². The predicted octanol–water partition coefficient (Wildman–Crippen LogP) is 1.79. The minimum absolute atomic E-state index is 0.0652. The van der Waals surface area contributed by atoms with Gasteiger partial charge in [0, 0.05) is 5.69 Å². The van der Waals surface area contributed by atoms with Crippen molar-refractivity contribution in [3.8, 4) is 0 Å². The first-order chi connectivity index (χ1) is 6.75. The molecule has 0 radical (unpaired) electrons. The molecule has 1 heterocycles. The molecule has 2 rings (SSSR count). The number of carboxylic acids is 1. The van der Waals surface area contributed by atoms with Crippen LogP contribution in [0.4, 0.5) is 5.69 Å². The van der Waals surface area contributed by atoms with Crippen LogP contribution in [-0.4, -0.2) is 22.6 Å². The van der Waals surface area contributed by atoms with Crippen LogP contribution in [0, 0.1) is 0 Å². The van der Waals surface area contributed by atoms with Gasteiger partial charge < -0.3 is 10.4 Å². The van der Waals surface area contributed by atoms with Crippen LogP contribution in [0.15, 0.2) is 23.7 Å². The maximum atomic E-state index is 10.3. The van der Waals surface area contributed by atoms with Gasteiger partial charge in [-0.1, -0.05) is 0 Å². The van der Waals surface area contributed by atoms with E-state index in [4.69, 9.17) is 5.11 Å². The van der Waals surface area contributed by atoms with E-state index in [9.17, 15) is 4.79 Å². The third-order valence-electron chi connectivity index (χ3n) is 1.78. The molecule has 0 atom stereocenters. The largest absolute Gasteiger partial charge is 0.480 e. The Morgan fingerprint density at radius 3 is 3.21 bits per heavy atom. The molecule has 0 unspecified atom stereocenters. The van der Waals surface area contributed by atoms with Crippen LogP contribution in [0.25, 0.3) is 10.2 Å². The van der Waals surface area contributed by atoms with Crippen molar-refractivity contribution >= 4 is 33.2 Å². The third-order valence-corrected chi connectivity index (χ3v) is 2.57. The maximum absolute atomic E-state index is 10.3. The van der Waals surface area contributed by atoms with Crippen LogP contribution in [0.1, 0.15) is 0 Å². The fourth-order valence-corrected chi connectivity index (χ4v) is 1.86. The summed E-state index contributed by atoms with van der Waals surface area (Å²) >= 11 is 1.54. The Morgan fingerprint density at radius 1 is 1.57 bits per heavy atom. The zero-order valence-electron chi connectivity index (χ0n) is 7.23. The monoisotopic (exact) mass is 208 g/mol. The number of carbonyl (C=O) groups is 1. The van der Waals surface area contributed by atoms with E-state index in [0.717, 1.165) is 15.9 Å². The topological polar surface area (TPSA) is 62.2 Å². The summed E-state index contributed by atoms with van der Waals surface area (Å²) in [5, 5.41) is 11.3. The number of carboxylic acid groups (broad SMARTS) is 1. The zero-order chi connectivity index (χ0) is 9.97. The van der Waals surface area contributed by atoms with E-state index in [1.165, 1.54) is 11.3 Å². The lowest BCUT2D eigenvalue weighted by Gasteiger charge is -2.01. The number of hydrogen-bond acceptors (Lipinski definition) is 4. The highest BCUT2D eigenvalue weighted by Gasteiger charge is 2.00. The lowest BCUT2D eigenvalue weighted by molar-refractivity contribution is -0.134. The minimum atomic E-state index is -0.866. The molecule has 2 aromatic rings. The van der Waals surface area contributed by atoms with E-state index < -0.39 is 5.97 Å². The molecular formula is C9H8N2O2S. The Balaban J connectivity index is 2.21. The van der Waals surface area contributed by atoms with Gasteiger partial charge in [-0.3, -0.25) is 4.79 Å². The van der Waals surface area contributed by atoms with Crippen molar-refractivity contribution in [3.05, 3.63) is 23.7 Å². The molecular weight excluding hydrogens is 200 g/mol. The number of benzene rings is 1. The normalized spacial score (nSPS) is 10.3. The summed E-state index contributed by atoms with van der Waals surface area (Å²) in [6, 6.07) is 5.59. The van der Waals surface area contributed by atoms with E-state index in [-0.39, 0.29) is 6.54 Å². The van der Waals surface area contributed by atoms with Gasteiger partial charge in [0.15, 0.2) is 0 Å². The fourth-order valence-electron chi connectivity index (χ4n) is 1.14. The van der Waals surface area contributed by atoms with Crippen LogP contribution in [-0.2, 0) is 4.79 Å². The van der Waals surface area contributed by atoms with E-state index in [0.29, 0.717) is 0 Å². The van der Waals surface area contributed by atoms with Crippen LogP contribution in [0.3, 0.4) is 0 Å². The Morgan fingerprint density at radius 2 is 2.43 bits per heavy atom. The Bertz CT molecular complexity index is 467. The van der Waals surface area contributed by atoms with Crippen molar-refractivity contribution in [1.82, 2.24) is 4.98 Å². The highest BCUT2D eigenvalue weighted by Crippen LogP contribution is 2.21. The second kappa shape index (κ2) is 3.63. The first-order valence-electron chi connectivity index (χ1n) is 4.04. The zero-order valence-corrected chi connectivity index (χ0v) is 8.04. The average Bonchev–Trinajstić information content (AvgIpc) is 2.61. The molecule has 0 aliphatic rings. The van der Waals surface area contributed by atoms with Gasteiger partial charge in [0.2, 0.25) is 0 Å². The molecule has 0 fully saturated rings. The second-order valence-corrected chi connectivity index (χ2v) is 3.67. The average molecular weight is 208 g/mol. The highest BCUT2D eigenvalue weighted by molar-refractivity contribution is 7.16. The summed E-state index contributed by atoms with van der Waals surface area (Å²) < 4.78 is 1.06. The Hall–Kier alpha value is -1.62. The summed E-state index contributed by atoms with van der Waals surface area (Å²) in [5.74, 6) is -0.866. The number of thiazole rings is 1. The predicted molar refractivity (Wildman–Crippen MR) is 55.7 cm³/mol. The number of aliphatic carboxylic acids is 1. The standard InChI is InChI=1S/C9H8N2O2S/c12-9(13)4-10-6-1-2-7-8(3-6)14-5-11-7/h1-3,5,10H,4H2,(H,12,13). The number of fused-ring (bicyclic) bond motifs is 1. The first-order valence-corrected chi connectivity index (χ1v) is 4.92. The fraction of sp³-hybridized carbons (Fsp3) is 0.111. The van der Waals surface area contributed by atoms with Crippen LogP contribution >= 0.6 is 11.3 Å². The summed E-state index contributed by atoms with van der Waals surface area (Å²) in [7, 11) is 0. The quantitative estimate of drug-likeness (QED) is 0.807. The van der Waals surface area contributed by atoms with Gasteiger partial charge in [-0.25, -0.2) is 4.98 Å². The van der Waals surface area contributed by atoms with Gasteiger partial charge in [0.05, 0.1) is 15.7 Å². The summed E-state index contributed by atoms with van der Waals surface area (Å²) in [4.78, 5) is 14.4. The Labute approximate surface area is 84.2 Å². The highest BCUT2D eigenvalue weighted by atomic mass is 32.1.